The van der Waals surface area contributed by atoms with Crippen LogP contribution in [0.15, 0.2) is 0 Å². The number of carbonyl (C=O) groups excluding carboxylic acids is 1. The molecule has 0 aliphatic heterocycles. The van der Waals surface area contributed by atoms with Crippen molar-refractivity contribution in [3.8, 4) is 0 Å². The molecule has 0 radical (unpaired) electrons. The van der Waals surface area contributed by atoms with Gasteiger partial charge in [-0.15, -0.1) is 0 Å². The first kappa shape index (κ1) is 12.5. The fraction of sp³-hybridized carbons (Fsp3) is 0.333. The van der Waals surface area contributed by atoms with Crippen LogP contribution in [0.25, 0.3) is 0 Å². The minimum atomic E-state index is -0.663. The van der Waals surface area contributed by atoms with E-state index >= 15 is 0 Å². The third-order valence-electron chi connectivity index (χ3n) is 0.407. The Morgan fingerprint density at radius 3 is 2.33 bits per heavy atom. The molecule has 0 aliphatic rings. The third kappa shape index (κ3) is 12.1. The summed E-state index contributed by atoms with van der Waals surface area (Å²) >= 11 is 4.04. The topological polar surface area (TPSA) is 78.2 Å². The van der Waals surface area contributed by atoms with Gasteiger partial charge in [-0.25, -0.2) is 0 Å². The zero-order valence-electron chi connectivity index (χ0n) is 5.01. The van der Waals surface area contributed by atoms with Crippen LogP contribution >= 0.6 is 12.2 Å². The minimum Gasteiger partial charge on any atom is -0.852 e. The summed E-state index contributed by atoms with van der Waals surface area (Å²) < 4.78 is 0. The first-order valence-electron chi connectivity index (χ1n) is 1.86. The molecule has 0 bridgehead atoms. The van der Waals surface area contributed by atoms with Crippen molar-refractivity contribution in [1.82, 2.24) is 5.32 Å². The quantitative estimate of drug-likeness (QED) is 0.322. The molecule has 0 unspecified atom stereocenters. The molecule has 4 nitrogen and oxygen atoms in total. The van der Waals surface area contributed by atoms with E-state index in [0.29, 0.717) is 0 Å². The summed E-state index contributed by atoms with van der Waals surface area (Å²) in [6, 6.07) is 0. The van der Waals surface area contributed by atoms with Crippen molar-refractivity contribution in [2.75, 3.05) is 6.54 Å². The Hall–Kier alpha value is 0.796. The van der Waals surface area contributed by atoms with Crippen LogP contribution in [0.2, 0.25) is 0 Å². The first-order chi connectivity index (χ1) is 3.63. The van der Waals surface area contributed by atoms with Gasteiger partial charge in [0.15, 0.2) is 0 Å². The smallest absolute Gasteiger partial charge is 0.852 e. The van der Waals surface area contributed by atoms with Crippen LogP contribution < -0.4 is 67.5 Å². The molecule has 0 heterocycles. The van der Waals surface area contributed by atoms with E-state index in [1.54, 1.807) is 0 Å². The Bertz CT molecular complexity index is 104. The van der Waals surface area contributed by atoms with Gasteiger partial charge < -0.3 is 16.2 Å². The van der Waals surface area contributed by atoms with Crippen molar-refractivity contribution < 1.29 is 61.3 Å². The summed E-state index contributed by atoms with van der Waals surface area (Å²) in [6.45, 7) is -0.178. The maximum atomic E-state index is 9.86. The SMILES string of the molecule is NC(=O)CNC([O-])=S.[K+]. The van der Waals surface area contributed by atoms with E-state index in [1.165, 1.54) is 0 Å². The summed E-state index contributed by atoms with van der Waals surface area (Å²) in [5.41, 5.74) is 4.64. The van der Waals surface area contributed by atoms with Crippen molar-refractivity contribution in [3.05, 3.63) is 0 Å². The minimum absolute atomic E-state index is 0. The monoisotopic (exact) mass is 172 g/mol. The van der Waals surface area contributed by atoms with Gasteiger partial charge in [-0.1, -0.05) is 12.2 Å². The Kier molecular flexibility index (Phi) is 9.57. The van der Waals surface area contributed by atoms with E-state index in [1.807, 2.05) is 5.32 Å². The number of carbonyl (C=O) groups is 1. The van der Waals surface area contributed by atoms with E-state index < -0.39 is 11.1 Å². The molecule has 0 saturated carbocycles. The maximum absolute atomic E-state index is 9.86. The normalized spacial score (nSPS) is 7.11. The predicted molar refractivity (Wildman–Crippen MR) is 29.8 cm³/mol. The van der Waals surface area contributed by atoms with Gasteiger partial charge in [0.05, 0.1) is 6.54 Å². The Labute approximate surface area is 101 Å². The largest absolute Gasteiger partial charge is 1.00 e. The van der Waals surface area contributed by atoms with Crippen LogP contribution in [-0.2, 0) is 4.79 Å². The third-order valence-corrected chi connectivity index (χ3v) is 0.551. The summed E-state index contributed by atoms with van der Waals surface area (Å²) in [5, 5.41) is 11.2. The molecule has 0 rings (SSSR count). The van der Waals surface area contributed by atoms with Crippen LogP contribution in [0.4, 0.5) is 0 Å². The van der Waals surface area contributed by atoms with Gasteiger partial charge in [-0.2, -0.15) is 0 Å². The predicted octanol–water partition coefficient (Wildman–Crippen LogP) is -5.29. The molecular weight excluding hydrogens is 167 g/mol. The molecule has 0 aromatic rings. The van der Waals surface area contributed by atoms with E-state index in [-0.39, 0.29) is 57.9 Å². The zero-order valence-corrected chi connectivity index (χ0v) is 8.95. The van der Waals surface area contributed by atoms with Crippen LogP contribution in [0.5, 0.6) is 0 Å². The van der Waals surface area contributed by atoms with Crippen LogP contribution in [-0.4, -0.2) is 17.6 Å². The second kappa shape index (κ2) is 6.91. The molecule has 0 fully saturated rings. The molecule has 9 heavy (non-hydrogen) atoms. The standard InChI is InChI=1S/C3H6N2O2S.K/c4-2(6)1-5-3(7)8;/h1H2,(H2,4,6)(H2,5,7,8);/q;+1/p-1. The van der Waals surface area contributed by atoms with E-state index in [9.17, 15) is 9.90 Å². The van der Waals surface area contributed by atoms with Gasteiger partial charge >= 0.3 is 51.4 Å². The van der Waals surface area contributed by atoms with Gasteiger partial charge in [-0.3, -0.25) is 4.79 Å². The summed E-state index contributed by atoms with van der Waals surface area (Å²) in [5.74, 6) is -0.594. The fourth-order valence-corrected chi connectivity index (χ4v) is 0.231. The first-order valence-corrected chi connectivity index (χ1v) is 2.27. The van der Waals surface area contributed by atoms with Crippen molar-refractivity contribution in [2.45, 2.75) is 0 Å². The molecule has 0 aromatic heterocycles. The number of thiocarbonyl (C=S) groups is 1. The number of nitrogens with one attached hydrogen (secondary N) is 1. The molecule has 1 amide bonds. The van der Waals surface area contributed by atoms with Crippen LogP contribution in [0, 0.1) is 0 Å². The Morgan fingerprint density at radius 1 is 1.78 bits per heavy atom. The van der Waals surface area contributed by atoms with Crippen molar-refractivity contribution >= 4 is 23.3 Å². The second-order valence-electron chi connectivity index (χ2n) is 1.11. The van der Waals surface area contributed by atoms with Crippen molar-refractivity contribution in [1.29, 1.82) is 0 Å². The average molecular weight is 172 g/mol. The average Bonchev–Trinajstić information content (AvgIpc) is 1.61. The number of nitrogens with two attached hydrogens (primary N) is 1. The van der Waals surface area contributed by atoms with Crippen LogP contribution in [0.3, 0.4) is 0 Å². The van der Waals surface area contributed by atoms with Crippen molar-refractivity contribution in [3.63, 3.8) is 0 Å². The van der Waals surface area contributed by atoms with Gasteiger partial charge in [0.1, 0.15) is 0 Å². The number of primary amides is 1. The molecule has 0 saturated heterocycles. The Balaban J connectivity index is 0. The van der Waals surface area contributed by atoms with Gasteiger partial charge in [0.2, 0.25) is 5.91 Å². The number of amides is 1. The fourth-order valence-electron chi connectivity index (χ4n) is 0.159. The number of hydrogen-bond donors (Lipinski definition) is 2. The van der Waals surface area contributed by atoms with E-state index in [4.69, 9.17) is 0 Å². The van der Waals surface area contributed by atoms with Gasteiger partial charge in [-0.05, 0) is 0 Å². The molecule has 0 aliphatic carbocycles. The number of rotatable bonds is 2. The molecule has 0 aromatic carbocycles. The van der Waals surface area contributed by atoms with Crippen LogP contribution in [0.1, 0.15) is 0 Å². The molecule has 6 heteroatoms. The Morgan fingerprint density at radius 2 is 2.22 bits per heavy atom. The molecule has 46 valence electrons. The summed E-state index contributed by atoms with van der Waals surface area (Å²) in [4.78, 5) is 9.86. The molecular formula is C3H5KN2O2S. The molecule has 3 N–H and O–H groups in total. The zero-order chi connectivity index (χ0) is 6.57. The van der Waals surface area contributed by atoms with Gasteiger partial charge in [0, 0.05) is 5.17 Å². The summed E-state index contributed by atoms with van der Waals surface area (Å²) in [6.07, 6.45) is 0. The van der Waals surface area contributed by atoms with Gasteiger partial charge in [0.25, 0.3) is 0 Å². The van der Waals surface area contributed by atoms with E-state index in [0.717, 1.165) is 0 Å². The number of hydrogen-bond acceptors (Lipinski definition) is 3. The van der Waals surface area contributed by atoms with E-state index in [2.05, 4.69) is 18.0 Å². The summed E-state index contributed by atoms with van der Waals surface area (Å²) in [7, 11) is 0. The molecule has 0 atom stereocenters. The second-order valence-corrected chi connectivity index (χ2v) is 1.48. The van der Waals surface area contributed by atoms with Crippen molar-refractivity contribution in [2.24, 2.45) is 5.73 Å². The maximum Gasteiger partial charge on any atom is 1.00 e. The molecule has 0 spiro atoms.